The van der Waals surface area contributed by atoms with Crippen molar-refractivity contribution in [3.63, 3.8) is 0 Å². The number of hydrogen-bond donors (Lipinski definition) is 1. The number of rotatable bonds is 2. The van der Waals surface area contributed by atoms with E-state index in [4.69, 9.17) is 4.74 Å². The minimum atomic E-state index is -0.554. The van der Waals surface area contributed by atoms with Crippen LogP contribution in [-0.4, -0.2) is 65.4 Å². The smallest absolute Gasteiger partial charge is 0.407 e. The Labute approximate surface area is 163 Å². The first-order valence-electron chi connectivity index (χ1n) is 9.32. The Morgan fingerprint density at radius 3 is 2.29 bits per heavy atom. The van der Waals surface area contributed by atoms with Gasteiger partial charge >= 0.3 is 6.09 Å². The molecule has 0 spiro atoms. The van der Waals surface area contributed by atoms with Crippen LogP contribution in [0, 0.1) is 0 Å². The number of piperidine rings is 1. The van der Waals surface area contributed by atoms with Gasteiger partial charge in [-0.25, -0.2) is 4.79 Å². The lowest BCUT2D eigenvalue weighted by atomic mass is 10.0. The molecule has 1 N–H and O–H groups in total. The summed E-state index contributed by atoms with van der Waals surface area (Å²) in [4.78, 5) is 51.5. The molecule has 0 radical (unpaired) electrons. The van der Waals surface area contributed by atoms with Crippen molar-refractivity contribution >= 4 is 23.8 Å². The Hall–Kier alpha value is -2.90. The number of carbonyl (C=O) groups is 4. The quantitative estimate of drug-likeness (QED) is 0.784. The van der Waals surface area contributed by atoms with E-state index in [-0.39, 0.29) is 23.4 Å². The van der Waals surface area contributed by atoms with Gasteiger partial charge in [-0.3, -0.25) is 19.3 Å². The summed E-state index contributed by atoms with van der Waals surface area (Å²) >= 11 is 0. The van der Waals surface area contributed by atoms with Gasteiger partial charge in [0.05, 0.1) is 11.1 Å². The van der Waals surface area contributed by atoms with Gasteiger partial charge in [-0.05, 0) is 51.8 Å². The number of nitrogens with zero attached hydrogens (tertiary/aromatic N) is 2. The number of amides is 4. The van der Waals surface area contributed by atoms with Gasteiger partial charge in [0.1, 0.15) is 5.60 Å². The maximum Gasteiger partial charge on any atom is 0.407 e. The van der Waals surface area contributed by atoms with Gasteiger partial charge < -0.3 is 15.0 Å². The Kier molecular flexibility index (Phi) is 5.14. The maximum absolute atomic E-state index is 12.8. The molecule has 2 aliphatic rings. The number of benzene rings is 1. The molecule has 4 amide bonds. The Balaban J connectivity index is 1.60. The van der Waals surface area contributed by atoms with Crippen molar-refractivity contribution < 1.29 is 23.9 Å². The van der Waals surface area contributed by atoms with Crippen molar-refractivity contribution in [3.05, 3.63) is 34.9 Å². The molecule has 8 nitrogen and oxygen atoms in total. The van der Waals surface area contributed by atoms with Crippen LogP contribution in [0.4, 0.5) is 4.79 Å². The highest BCUT2D eigenvalue weighted by atomic mass is 16.6. The largest absolute Gasteiger partial charge is 0.444 e. The highest BCUT2D eigenvalue weighted by molar-refractivity contribution is 6.21. The van der Waals surface area contributed by atoms with E-state index in [1.54, 1.807) is 31.7 Å². The molecule has 3 rings (SSSR count). The Morgan fingerprint density at radius 1 is 1.07 bits per heavy atom. The average molecular weight is 387 g/mol. The zero-order chi connectivity index (χ0) is 20.6. The monoisotopic (exact) mass is 387 g/mol. The molecule has 0 aliphatic carbocycles. The lowest BCUT2D eigenvalue weighted by Gasteiger charge is -2.33. The normalized spacial score (nSPS) is 17.6. The fourth-order valence-electron chi connectivity index (χ4n) is 3.38. The van der Waals surface area contributed by atoms with Gasteiger partial charge in [-0.15, -0.1) is 0 Å². The van der Waals surface area contributed by atoms with E-state index in [2.05, 4.69) is 5.32 Å². The van der Waals surface area contributed by atoms with Crippen molar-refractivity contribution in [1.29, 1.82) is 0 Å². The van der Waals surface area contributed by atoms with Crippen molar-refractivity contribution in [3.8, 4) is 0 Å². The highest BCUT2D eigenvalue weighted by Crippen LogP contribution is 2.24. The first kappa shape index (κ1) is 19.9. The van der Waals surface area contributed by atoms with Crippen LogP contribution >= 0.6 is 0 Å². The molecule has 1 aromatic rings. The predicted molar refractivity (Wildman–Crippen MR) is 101 cm³/mol. The van der Waals surface area contributed by atoms with Crippen molar-refractivity contribution in [2.45, 2.75) is 45.3 Å². The van der Waals surface area contributed by atoms with E-state index in [1.807, 2.05) is 0 Å². The predicted octanol–water partition coefficient (Wildman–Crippen LogP) is 2.04. The lowest BCUT2D eigenvalue weighted by molar-refractivity contribution is 0.0472. The summed E-state index contributed by atoms with van der Waals surface area (Å²) in [6.07, 6.45) is 0.787. The van der Waals surface area contributed by atoms with Crippen LogP contribution in [0.3, 0.4) is 0 Å². The van der Waals surface area contributed by atoms with Gasteiger partial charge in [-0.1, -0.05) is 0 Å². The Bertz CT molecular complexity index is 835. The standard InChI is InChI=1S/C20H25N3O5/c1-20(2,3)28-19(27)21-13-7-9-23(10-8-13)16(24)12-5-6-14-15(11-12)18(26)22(4)17(14)25/h5-6,11,13H,7-10H2,1-4H3,(H,21,27). The van der Waals surface area contributed by atoms with Crippen molar-refractivity contribution in [2.24, 2.45) is 0 Å². The first-order valence-corrected chi connectivity index (χ1v) is 9.32. The lowest BCUT2D eigenvalue weighted by Crippen LogP contribution is -2.47. The van der Waals surface area contributed by atoms with Crippen LogP contribution < -0.4 is 5.32 Å². The highest BCUT2D eigenvalue weighted by Gasteiger charge is 2.34. The number of likely N-dealkylation sites (tertiary alicyclic amines) is 1. The van der Waals surface area contributed by atoms with Crippen LogP contribution in [0.15, 0.2) is 18.2 Å². The Morgan fingerprint density at radius 2 is 1.68 bits per heavy atom. The summed E-state index contributed by atoms with van der Waals surface area (Å²) in [6.45, 7) is 6.40. The van der Waals surface area contributed by atoms with E-state index < -0.39 is 17.6 Å². The fraction of sp³-hybridized carbons (Fsp3) is 0.500. The van der Waals surface area contributed by atoms with Crippen molar-refractivity contribution in [1.82, 2.24) is 15.1 Å². The molecule has 1 saturated heterocycles. The number of imide groups is 1. The van der Waals surface area contributed by atoms with E-state index >= 15 is 0 Å². The number of fused-ring (bicyclic) bond motifs is 1. The summed E-state index contributed by atoms with van der Waals surface area (Å²) in [5.41, 5.74) is 0.416. The van der Waals surface area contributed by atoms with Gasteiger partial charge in [0.25, 0.3) is 17.7 Å². The van der Waals surface area contributed by atoms with Gasteiger partial charge in [-0.2, -0.15) is 0 Å². The van der Waals surface area contributed by atoms with E-state index in [0.29, 0.717) is 37.1 Å². The number of ether oxygens (including phenoxy) is 1. The molecule has 1 aromatic carbocycles. The molecule has 1 fully saturated rings. The minimum Gasteiger partial charge on any atom is -0.444 e. The maximum atomic E-state index is 12.8. The first-order chi connectivity index (χ1) is 13.1. The molecule has 8 heteroatoms. The second kappa shape index (κ2) is 7.26. The molecule has 2 aliphatic heterocycles. The van der Waals surface area contributed by atoms with Crippen LogP contribution in [0.25, 0.3) is 0 Å². The summed E-state index contributed by atoms with van der Waals surface area (Å²) in [7, 11) is 1.43. The molecular weight excluding hydrogens is 362 g/mol. The molecule has 0 bridgehead atoms. The summed E-state index contributed by atoms with van der Waals surface area (Å²) in [5, 5.41) is 2.84. The summed E-state index contributed by atoms with van der Waals surface area (Å²) in [5.74, 6) is -0.934. The van der Waals surface area contributed by atoms with Crippen LogP contribution in [-0.2, 0) is 4.74 Å². The van der Waals surface area contributed by atoms with Crippen LogP contribution in [0.2, 0.25) is 0 Å². The number of alkyl carbamates (subject to hydrolysis) is 1. The van der Waals surface area contributed by atoms with E-state index in [9.17, 15) is 19.2 Å². The third-order valence-corrected chi connectivity index (χ3v) is 4.84. The van der Waals surface area contributed by atoms with Crippen molar-refractivity contribution in [2.75, 3.05) is 20.1 Å². The molecule has 2 heterocycles. The third-order valence-electron chi connectivity index (χ3n) is 4.84. The average Bonchev–Trinajstić information content (AvgIpc) is 2.84. The van der Waals surface area contributed by atoms with E-state index in [0.717, 1.165) is 4.90 Å². The number of carbonyl (C=O) groups excluding carboxylic acids is 4. The van der Waals surface area contributed by atoms with Crippen LogP contribution in [0.1, 0.15) is 64.7 Å². The second-order valence-corrected chi connectivity index (χ2v) is 8.14. The summed E-state index contributed by atoms with van der Waals surface area (Å²) in [6, 6.07) is 4.55. The molecule has 28 heavy (non-hydrogen) atoms. The van der Waals surface area contributed by atoms with Gasteiger partial charge in [0.15, 0.2) is 0 Å². The topological polar surface area (TPSA) is 96.0 Å². The SMILES string of the molecule is CN1C(=O)c2ccc(C(=O)N3CCC(NC(=O)OC(C)(C)C)CC3)cc2C1=O. The van der Waals surface area contributed by atoms with Crippen LogP contribution in [0.5, 0.6) is 0 Å². The zero-order valence-corrected chi connectivity index (χ0v) is 16.6. The number of nitrogens with one attached hydrogen (secondary N) is 1. The number of hydrogen-bond acceptors (Lipinski definition) is 5. The molecule has 0 aromatic heterocycles. The molecular formula is C20H25N3O5. The second-order valence-electron chi connectivity index (χ2n) is 8.14. The minimum absolute atomic E-state index is 0.0493. The molecule has 0 unspecified atom stereocenters. The van der Waals surface area contributed by atoms with Gasteiger partial charge in [0.2, 0.25) is 0 Å². The molecule has 0 atom stereocenters. The van der Waals surface area contributed by atoms with Gasteiger partial charge in [0, 0.05) is 31.7 Å². The fourth-order valence-corrected chi connectivity index (χ4v) is 3.38. The zero-order valence-electron chi connectivity index (χ0n) is 16.6. The molecule has 150 valence electrons. The molecule has 0 saturated carbocycles. The third kappa shape index (κ3) is 4.00. The summed E-state index contributed by atoms with van der Waals surface area (Å²) < 4.78 is 5.26. The van der Waals surface area contributed by atoms with E-state index in [1.165, 1.54) is 19.2 Å².